The molecule has 0 spiro atoms. The fourth-order valence-corrected chi connectivity index (χ4v) is 2.35. The minimum atomic E-state index is -0.689. The second-order valence-electron chi connectivity index (χ2n) is 5.96. The van der Waals surface area contributed by atoms with E-state index in [1.807, 2.05) is 0 Å². The molecule has 7 nitrogen and oxygen atoms in total. The molecule has 0 aliphatic heterocycles. The first-order valence-electron chi connectivity index (χ1n) is 7.21. The van der Waals surface area contributed by atoms with Gasteiger partial charge < -0.3 is 9.47 Å². The molecule has 0 radical (unpaired) electrons. The van der Waals surface area contributed by atoms with Gasteiger partial charge in [-0.1, -0.05) is 12.1 Å². The van der Waals surface area contributed by atoms with Gasteiger partial charge in [0.25, 0.3) is 5.56 Å². The van der Waals surface area contributed by atoms with Crippen LogP contribution < -0.4 is 15.6 Å². The van der Waals surface area contributed by atoms with Crippen LogP contribution in [-0.2, 0) is 4.74 Å². The van der Waals surface area contributed by atoms with Crippen LogP contribution >= 0.6 is 12.2 Å². The number of carbonyl (C=O) groups is 1. The number of amides is 1. The third-order valence-electron chi connectivity index (χ3n) is 2.90. The van der Waals surface area contributed by atoms with Crippen LogP contribution in [-0.4, -0.2) is 28.4 Å². The number of carbonyl (C=O) groups excluding carboxylic acids is 1. The highest BCUT2D eigenvalue weighted by atomic mass is 32.1. The zero-order valence-corrected chi connectivity index (χ0v) is 14.7. The Balaban J connectivity index is 2.55. The van der Waals surface area contributed by atoms with Crippen molar-refractivity contribution in [3.8, 4) is 11.4 Å². The minimum Gasteiger partial charge on any atom is -0.495 e. The van der Waals surface area contributed by atoms with Crippen molar-refractivity contribution in [2.45, 2.75) is 26.4 Å². The van der Waals surface area contributed by atoms with E-state index in [1.165, 1.54) is 17.7 Å². The second-order valence-corrected chi connectivity index (χ2v) is 6.34. The maximum absolute atomic E-state index is 12.1. The molecule has 1 aromatic carbocycles. The number of nitrogens with one attached hydrogen (secondary N) is 2. The average Bonchev–Trinajstić information content (AvgIpc) is 2.44. The Labute approximate surface area is 144 Å². The Hall–Kier alpha value is -2.61. The van der Waals surface area contributed by atoms with E-state index in [9.17, 15) is 9.59 Å². The van der Waals surface area contributed by atoms with Crippen molar-refractivity contribution in [1.29, 1.82) is 0 Å². The Bertz CT molecular complexity index is 865. The molecular weight excluding hydrogens is 330 g/mol. The van der Waals surface area contributed by atoms with Gasteiger partial charge >= 0.3 is 6.09 Å². The first-order chi connectivity index (χ1) is 11.2. The standard InChI is InChI=1S/C16H19N3O4S/c1-16(2,3)23-15(21)17-12-9-13(20)18-14(24)19(12)10-7-5-6-8-11(10)22-4/h5-9H,1-4H3,(H,17,21)(H,18,20,24). The second kappa shape index (κ2) is 6.88. The van der Waals surface area contributed by atoms with Gasteiger partial charge in [0.1, 0.15) is 17.2 Å². The zero-order valence-electron chi connectivity index (χ0n) is 13.9. The molecule has 0 unspecified atom stereocenters. The summed E-state index contributed by atoms with van der Waals surface area (Å²) < 4.78 is 12.2. The summed E-state index contributed by atoms with van der Waals surface area (Å²) in [6.45, 7) is 5.24. The van der Waals surface area contributed by atoms with Gasteiger partial charge in [-0.2, -0.15) is 0 Å². The molecule has 0 aliphatic rings. The number of hydrogen-bond donors (Lipinski definition) is 2. The third kappa shape index (κ3) is 4.23. The Morgan fingerprint density at radius 3 is 2.58 bits per heavy atom. The smallest absolute Gasteiger partial charge is 0.413 e. The van der Waals surface area contributed by atoms with Gasteiger partial charge in [-0.3, -0.25) is 19.7 Å². The van der Waals surface area contributed by atoms with Crippen LogP contribution in [0.4, 0.5) is 10.6 Å². The predicted molar refractivity (Wildman–Crippen MR) is 93.6 cm³/mol. The highest BCUT2D eigenvalue weighted by molar-refractivity contribution is 7.71. The van der Waals surface area contributed by atoms with E-state index < -0.39 is 17.3 Å². The lowest BCUT2D eigenvalue weighted by Crippen LogP contribution is -2.29. The normalized spacial score (nSPS) is 11.0. The molecule has 0 saturated heterocycles. The highest BCUT2D eigenvalue weighted by Gasteiger charge is 2.19. The number of benzene rings is 1. The topological polar surface area (TPSA) is 85.3 Å². The van der Waals surface area contributed by atoms with Crippen molar-refractivity contribution >= 4 is 24.1 Å². The first-order valence-corrected chi connectivity index (χ1v) is 7.62. The van der Waals surface area contributed by atoms with Crippen molar-refractivity contribution < 1.29 is 14.3 Å². The molecule has 0 atom stereocenters. The lowest BCUT2D eigenvalue weighted by Gasteiger charge is -2.21. The van der Waals surface area contributed by atoms with Gasteiger partial charge in [-0.25, -0.2) is 4.79 Å². The molecule has 0 fully saturated rings. The number of aromatic amines is 1. The number of hydrogen-bond acceptors (Lipinski definition) is 5. The molecule has 2 rings (SSSR count). The number of methoxy groups -OCH3 is 1. The van der Waals surface area contributed by atoms with Crippen LogP contribution in [0.2, 0.25) is 0 Å². The van der Waals surface area contributed by atoms with Crippen molar-refractivity contribution in [1.82, 2.24) is 9.55 Å². The highest BCUT2D eigenvalue weighted by Crippen LogP contribution is 2.25. The number of H-pyrrole nitrogens is 1. The Morgan fingerprint density at radius 1 is 1.29 bits per heavy atom. The predicted octanol–water partition coefficient (Wildman–Crippen LogP) is 3.25. The zero-order chi connectivity index (χ0) is 17.9. The maximum atomic E-state index is 12.1. The average molecular weight is 349 g/mol. The quantitative estimate of drug-likeness (QED) is 0.831. The molecule has 0 aliphatic carbocycles. The molecule has 0 bridgehead atoms. The monoisotopic (exact) mass is 349 g/mol. The number of ether oxygens (including phenoxy) is 2. The summed E-state index contributed by atoms with van der Waals surface area (Å²) in [4.78, 5) is 26.3. The van der Waals surface area contributed by atoms with Gasteiger partial charge in [-0.15, -0.1) is 0 Å². The molecule has 24 heavy (non-hydrogen) atoms. The third-order valence-corrected chi connectivity index (χ3v) is 3.18. The molecule has 8 heteroatoms. The van der Waals surface area contributed by atoms with Crippen LogP contribution in [0.5, 0.6) is 5.75 Å². The van der Waals surface area contributed by atoms with Crippen LogP contribution in [0.15, 0.2) is 35.1 Å². The van der Waals surface area contributed by atoms with E-state index >= 15 is 0 Å². The summed E-state index contributed by atoms with van der Waals surface area (Å²) in [5, 5.41) is 2.56. The minimum absolute atomic E-state index is 0.123. The van der Waals surface area contributed by atoms with Crippen molar-refractivity contribution in [2.75, 3.05) is 12.4 Å². The molecule has 2 aromatic rings. The summed E-state index contributed by atoms with van der Waals surface area (Å²) in [7, 11) is 1.52. The van der Waals surface area contributed by atoms with Gasteiger partial charge in [0, 0.05) is 6.07 Å². The number of para-hydroxylation sites is 2. The molecule has 1 aromatic heterocycles. The van der Waals surface area contributed by atoms with E-state index in [1.54, 1.807) is 45.0 Å². The van der Waals surface area contributed by atoms with Crippen LogP contribution in [0.3, 0.4) is 0 Å². The van der Waals surface area contributed by atoms with E-state index in [0.717, 1.165) is 0 Å². The Morgan fingerprint density at radius 2 is 1.96 bits per heavy atom. The fourth-order valence-electron chi connectivity index (χ4n) is 2.05. The van der Waals surface area contributed by atoms with E-state index in [2.05, 4.69) is 10.3 Å². The summed E-state index contributed by atoms with van der Waals surface area (Å²) in [5.74, 6) is 0.718. The first kappa shape index (κ1) is 17.7. The number of nitrogens with zero attached hydrogens (tertiary/aromatic N) is 1. The summed E-state index contributed by atoms with van der Waals surface area (Å²) in [6, 6.07) is 8.33. The molecule has 1 amide bonds. The van der Waals surface area contributed by atoms with E-state index in [-0.39, 0.29) is 10.6 Å². The fraction of sp³-hybridized carbons (Fsp3) is 0.312. The maximum Gasteiger partial charge on any atom is 0.413 e. The SMILES string of the molecule is COc1ccccc1-n1c(NC(=O)OC(C)(C)C)cc(=O)[nH]c1=S. The van der Waals surface area contributed by atoms with Crippen LogP contribution in [0.25, 0.3) is 5.69 Å². The molecular formula is C16H19N3O4S. The van der Waals surface area contributed by atoms with Crippen LogP contribution in [0.1, 0.15) is 20.8 Å². The van der Waals surface area contributed by atoms with Gasteiger partial charge in [0.15, 0.2) is 4.77 Å². The summed E-state index contributed by atoms with van der Waals surface area (Å²) >= 11 is 5.24. The molecule has 2 N–H and O–H groups in total. The van der Waals surface area contributed by atoms with Crippen molar-refractivity contribution in [2.24, 2.45) is 0 Å². The molecule has 128 valence electrons. The number of rotatable bonds is 3. The Kier molecular flexibility index (Phi) is 5.08. The van der Waals surface area contributed by atoms with Gasteiger partial charge in [0.2, 0.25) is 0 Å². The largest absolute Gasteiger partial charge is 0.495 e. The lowest BCUT2D eigenvalue weighted by atomic mass is 10.2. The van der Waals surface area contributed by atoms with Crippen molar-refractivity contribution in [3.05, 3.63) is 45.5 Å². The van der Waals surface area contributed by atoms with E-state index in [0.29, 0.717) is 11.4 Å². The van der Waals surface area contributed by atoms with E-state index in [4.69, 9.17) is 21.7 Å². The van der Waals surface area contributed by atoms with Gasteiger partial charge in [-0.05, 0) is 45.1 Å². The number of aromatic nitrogens is 2. The summed E-state index contributed by atoms with van der Waals surface area (Å²) in [6.07, 6.45) is -0.689. The number of anilines is 1. The van der Waals surface area contributed by atoms with Crippen LogP contribution in [0, 0.1) is 4.77 Å². The lowest BCUT2D eigenvalue weighted by molar-refractivity contribution is 0.0635. The van der Waals surface area contributed by atoms with Gasteiger partial charge in [0.05, 0.1) is 12.8 Å². The summed E-state index contributed by atoms with van der Waals surface area (Å²) in [5.41, 5.74) is -0.526. The van der Waals surface area contributed by atoms with Crippen molar-refractivity contribution in [3.63, 3.8) is 0 Å². The molecule has 1 heterocycles. The molecule has 0 saturated carbocycles.